The first kappa shape index (κ1) is 14.6. The van der Waals surface area contributed by atoms with Crippen LogP contribution in [0.25, 0.3) is 0 Å². The summed E-state index contributed by atoms with van der Waals surface area (Å²) in [6.07, 6.45) is 1.69. The van der Waals surface area contributed by atoms with Crippen molar-refractivity contribution >= 4 is 27.6 Å². The van der Waals surface area contributed by atoms with E-state index >= 15 is 0 Å². The summed E-state index contributed by atoms with van der Waals surface area (Å²) in [5, 5.41) is 14.5. The van der Waals surface area contributed by atoms with Gasteiger partial charge in [0.15, 0.2) is 0 Å². The number of benzene rings is 2. The number of fused-ring (bicyclic) bond motifs is 1. The van der Waals surface area contributed by atoms with Gasteiger partial charge in [-0.3, -0.25) is 0 Å². The highest BCUT2D eigenvalue weighted by Crippen LogP contribution is 2.25. The van der Waals surface area contributed by atoms with Crippen LogP contribution in [0.4, 0.5) is 10.5 Å². The van der Waals surface area contributed by atoms with Crippen molar-refractivity contribution in [1.82, 2.24) is 5.32 Å². The van der Waals surface area contributed by atoms with Gasteiger partial charge in [-0.25, -0.2) is 4.79 Å². The number of amides is 2. The van der Waals surface area contributed by atoms with E-state index in [9.17, 15) is 4.79 Å². The van der Waals surface area contributed by atoms with Crippen LogP contribution in [-0.4, -0.2) is 12.1 Å². The minimum atomic E-state index is -0.221. The number of nitriles is 1. The molecule has 110 valence electrons. The highest BCUT2D eigenvalue weighted by Gasteiger charge is 2.22. The van der Waals surface area contributed by atoms with Crippen LogP contribution in [0.5, 0.6) is 0 Å². The fourth-order valence-electron chi connectivity index (χ4n) is 2.67. The Bertz CT molecular complexity index is 749. The number of hydrogen-bond acceptors (Lipinski definition) is 2. The molecule has 0 heterocycles. The molecule has 3 rings (SSSR count). The van der Waals surface area contributed by atoms with Gasteiger partial charge in [-0.15, -0.1) is 0 Å². The number of rotatable bonds is 2. The Kier molecular flexibility index (Phi) is 4.12. The van der Waals surface area contributed by atoms with Gasteiger partial charge < -0.3 is 10.6 Å². The normalized spacial score (nSPS) is 15.7. The molecule has 4 nitrogen and oxygen atoms in total. The maximum atomic E-state index is 12.0. The Morgan fingerprint density at radius 2 is 1.86 bits per heavy atom. The van der Waals surface area contributed by atoms with Crippen molar-refractivity contribution < 1.29 is 4.79 Å². The zero-order chi connectivity index (χ0) is 15.5. The van der Waals surface area contributed by atoms with Crippen molar-refractivity contribution in [3.8, 4) is 6.07 Å². The smallest absolute Gasteiger partial charge is 0.319 e. The summed E-state index contributed by atoms with van der Waals surface area (Å²) in [7, 11) is 0. The summed E-state index contributed by atoms with van der Waals surface area (Å²) in [6.45, 7) is 0. The van der Waals surface area contributed by atoms with Crippen LogP contribution in [0.15, 0.2) is 46.9 Å². The largest absolute Gasteiger partial charge is 0.334 e. The summed E-state index contributed by atoms with van der Waals surface area (Å²) < 4.78 is 1.06. The molecule has 0 fully saturated rings. The van der Waals surface area contributed by atoms with Crippen LogP contribution < -0.4 is 10.6 Å². The summed E-state index contributed by atoms with van der Waals surface area (Å²) in [5.41, 5.74) is 3.81. The Balaban J connectivity index is 1.58. The fourth-order valence-corrected chi connectivity index (χ4v) is 3.08. The molecule has 1 aliphatic carbocycles. The zero-order valence-electron chi connectivity index (χ0n) is 11.8. The Hall–Kier alpha value is -2.32. The summed E-state index contributed by atoms with van der Waals surface area (Å²) in [5.74, 6) is 0. The first-order valence-electron chi connectivity index (χ1n) is 6.99. The van der Waals surface area contributed by atoms with Crippen molar-refractivity contribution in [3.63, 3.8) is 0 Å². The third-order valence-corrected chi connectivity index (χ3v) is 4.20. The molecule has 0 aliphatic heterocycles. The minimum absolute atomic E-state index is 0.114. The predicted molar refractivity (Wildman–Crippen MR) is 88.6 cm³/mol. The number of halogens is 1. The molecule has 1 atom stereocenters. The second-order valence-electron chi connectivity index (χ2n) is 5.31. The third kappa shape index (κ3) is 3.29. The molecular formula is C17H14BrN3O. The van der Waals surface area contributed by atoms with Crippen LogP contribution in [0.3, 0.4) is 0 Å². The van der Waals surface area contributed by atoms with Crippen LogP contribution in [0.2, 0.25) is 0 Å². The summed E-state index contributed by atoms with van der Waals surface area (Å²) in [6, 6.07) is 15.0. The van der Waals surface area contributed by atoms with Gasteiger partial charge in [0.05, 0.1) is 11.6 Å². The molecule has 0 saturated heterocycles. The molecule has 1 unspecified atom stereocenters. The second kappa shape index (κ2) is 6.20. The first-order valence-corrected chi connectivity index (χ1v) is 7.78. The lowest BCUT2D eigenvalue weighted by Crippen LogP contribution is -2.38. The van der Waals surface area contributed by atoms with Crippen LogP contribution in [0.1, 0.15) is 16.7 Å². The molecule has 0 spiro atoms. The molecule has 2 aromatic rings. The molecule has 0 bridgehead atoms. The number of nitrogens with zero attached hydrogens (tertiary/aromatic N) is 1. The molecular weight excluding hydrogens is 342 g/mol. The minimum Gasteiger partial charge on any atom is -0.334 e. The third-order valence-electron chi connectivity index (χ3n) is 3.71. The highest BCUT2D eigenvalue weighted by molar-refractivity contribution is 9.10. The van der Waals surface area contributed by atoms with Crippen LogP contribution in [0, 0.1) is 11.3 Å². The average molecular weight is 356 g/mol. The van der Waals surface area contributed by atoms with Crippen LogP contribution >= 0.6 is 15.9 Å². The number of carbonyl (C=O) groups is 1. The SMILES string of the molecule is N#Cc1ccc(NC(=O)NC2Cc3ccc(Br)cc3C2)cc1. The first-order chi connectivity index (χ1) is 10.6. The molecule has 5 heteroatoms. The number of nitrogens with one attached hydrogen (secondary N) is 2. The van der Waals surface area contributed by atoms with Gasteiger partial charge in [-0.2, -0.15) is 5.26 Å². The van der Waals surface area contributed by atoms with Gasteiger partial charge in [0.2, 0.25) is 0 Å². The van der Waals surface area contributed by atoms with Crippen molar-refractivity contribution in [3.05, 3.63) is 63.6 Å². The van der Waals surface area contributed by atoms with Gasteiger partial charge in [0.25, 0.3) is 0 Å². The van der Waals surface area contributed by atoms with E-state index in [0.29, 0.717) is 11.3 Å². The topological polar surface area (TPSA) is 64.9 Å². The van der Waals surface area contributed by atoms with Gasteiger partial charge in [0, 0.05) is 16.2 Å². The van der Waals surface area contributed by atoms with Crippen molar-refractivity contribution in [2.45, 2.75) is 18.9 Å². The average Bonchev–Trinajstić information content (AvgIpc) is 2.89. The maximum Gasteiger partial charge on any atom is 0.319 e. The van der Waals surface area contributed by atoms with Crippen LogP contribution in [-0.2, 0) is 12.8 Å². The zero-order valence-corrected chi connectivity index (χ0v) is 13.4. The second-order valence-corrected chi connectivity index (χ2v) is 6.22. The molecule has 0 radical (unpaired) electrons. The molecule has 2 amide bonds. The van der Waals surface area contributed by atoms with Gasteiger partial charge in [-0.1, -0.05) is 22.0 Å². The van der Waals surface area contributed by atoms with E-state index < -0.39 is 0 Å². The standard InChI is InChI=1S/C17H14BrN3O/c18-14-4-3-12-8-16(9-13(12)7-14)21-17(22)20-15-5-1-11(10-19)2-6-15/h1-7,16H,8-9H2,(H2,20,21,22). The van der Waals surface area contributed by atoms with E-state index in [-0.39, 0.29) is 12.1 Å². The maximum absolute atomic E-state index is 12.0. The number of urea groups is 1. The Morgan fingerprint density at radius 1 is 1.14 bits per heavy atom. The quantitative estimate of drug-likeness (QED) is 0.863. The molecule has 2 N–H and O–H groups in total. The van der Waals surface area contributed by atoms with Crippen molar-refractivity contribution in [1.29, 1.82) is 5.26 Å². The number of anilines is 1. The molecule has 1 aliphatic rings. The lowest BCUT2D eigenvalue weighted by atomic mass is 10.1. The van der Waals surface area contributed by atoms with E-state index in [4.69, 9.17) is 5.26 Å². The Morgan fingerprint density at radius 3 is 2.59 bits per heavy atom. The Labute approximate surface area is 137 Å². The fraction of sp³-hybridized carbons (Fsp3) is 0.176. The van der Waals surface area contributed by atoms with Gasteiger partial charge in [0.1, 0.15) is 0 Å². The molecule has 0 aromatic heterocycles. The lowest BCUT2D eigenvalue weighted by molar-refractivity contribution is 0.249. The van der Waals surface area contributed by atoms with Gasteiger partial charge in [-0.05, 0) is 60.4 Å². The lowest BCUT2D eigenvalue weighted by Gasteiger charge is -2.13. The van der Waals surface area contributed by atoms with E-state index in [1.807, 2.05) is 12.1 Å². The number of hydrogen-bond donors (Lipinski definition) is 2. The monoisotopic (exact) mass is 355 g/mol. The van der Waals surface area contributed by atoms with Crippen molar-refractivity contribution in [2.24, 2.45) is 0 Å². The summed E-state index contributed by atoms with van der Waals surface area (Å²) >= 11 is 3.47. The van der Waals surface area contributed by atoms with E-state index in [0.717, 1.165) is 17.3 Å². The predicted octanol–water partition coefficient (Wildman–Crippen LogP) is 3.61. The van der Waals surface area contributed by atoms with E-state index in [1.165, 1.54) is 11.1 Å². The van der Waals surface area contributed by atoms with E-state index in [1.54, 1.807) is 24.3 Å². The van der Waals surface area contributed by atoms with Gasteiger partial charge >= 0.3 is 6.03 Å². The number of carbonyl (C=O) groups excluding carboxylic acids is 1. The summed E-state index contributed by atoms with van der Waals surface area (Å²) in [4.78, 5) is 12.0. The molecule has 22 heavy (non-hydrogen) atoms. The molecule has 2 aromatic carbocycles. The van der Waals surface area contributed by atoms with Crippen molar-refractivity contribution in [2.75, 3.05) is 5.32 Å². The van der Waals surface area contributed by atoms with E-state index in [2.05, 4.69) is 38.7 Å². The molecule has 0 saturated carbocycles. The highest BCUT2D eigenvalue weighted by atomic mass is 79.9.